The second-order valence-corrected chi connectivity index (χ2v) is 7.26. The first-order chi connectivity index (χ1) is 13.7. The number of non-ortho nitro benzene ring substituents is 1. The van der Waals surface area contributed by atoms with Gasteiger partial charge in [-0.05, 0) is 36.1 Å². The molecule has 138 valence electrons. The summed E-state index contributed by atoms with van der Waals surface area (Å²) in [5.74, 6) is 0.261. The molecule has 1 aliphatic heterocycles. The average molecular weight is 369 g/mol. The first-order valence-corrected chi connectivity index (χ1v) is 9.48. The standard InChI is InChI=1S/C23H19N3O2/c27-26(28)19-13-10-17(11-14-19)23-21-15-12-16-6-4-5-9-20(16)22(21)24-25(23)18-7-2-1-3-8-18/h1-11,13-14,21,23H,12,15H2. The fourth-order valence-corrected chi connectivity index (χ4v) is 4.39. The van der Waals surface area contributed by atoms with Crippen LogP contribution in [0.5, 0.6) is 0 Å². The lowest BCUT2D eigenvalue weighted by atomic mass is 9.77. The van der Waals surface area contributed by atoms with Crippen molar-refractivity contribution in [3.05, 3.63) is 106 Å². The molecule has 3 aromatic rings. The average Bonchev–Trinajstić information content (AvgIpc) is 3.14. The summed E-state index contributed by atoms with van der Waals surface area (Å²) in [6.07, 6.45) is 2.03. The van der Waals surface area contributed by atoms with Crippen molar-refractivity contribution in [2.24, 2.45) is 11.0 Å². The Labute approximate surface area is 163 Å². The fourth-order valence-electron chi connectivity index (χ4n) is 4.39. The fraction of sp³-hybridized carbons (Fsp3) is 0.174. The van der Waals surface area contributed by atoms with Gasteiger partial charge >= 0.3 is 0 Å². The van der Waals surface area contributed by atoms with E-state index in [1.165, 1.54) is 11.1 Å². The lowest BCUT2D eigenvalue weighted by Gasteiger charge is -2.30. The Hall–Kier alpha value is -3.47. The van der Waals surface area contributed by atoms with Crippen molar-refractivity contribution in [1.29, 1.82) is 0 Å². The molecule has 2 unspecified atom stereocenters. The summed E-state index contributed by atoms with van der Waals surface area (Å²) in [7, 11) is 0. The van der Waals surface area contributed by atoms with Gasteiger partial charge in [0.05, 0.1) is 22.4 Å². The predicted molar refractivity (Wildman–Crippen MR) is 110 cm³/mol. The van der Waals surface area contributed by atoms with Crippen LogP contribution in [-0.2, 0) is 6.42 Å². The Morgan fingerprint density at radius 3 is 2.39 bits per heavy atom. The SMILES string of the molecule is O=[N+]([O-])c1ccc(C2C3CCc4ccccc4C3=NN2c2ccccc2)cc1. The predicted octanol–water partition coefficient (Wildman–Crippen LogP) is 5.12. The minimum Gasteiger partial charge on any atom is -0.258 e. The van der Waals surface area contributed by atoms with Crippen LogP contribution in [-0.4, -0.2) is 10.6 Å². The number of hydrogen-bond donors (Lipinski definition) is 0. The molecule has 0 radical (unpaired) electrons. The second-order valence-electron chi connectivity index (χ2n) is 7.26. The van der Waals surface area contributed by atoms with Gasteiger partial charge in [-0.3, -0.25) is 15.1 Å². The van der Waals surface area contributed by atoms with E-state index < -0.39 is 0 Å². The first kappa shape index (κ1) is 16.7. The first-order valence-electron chi connectivity index (χ1n) is 9.48. The molecule has 0 saturated heterocycles. The molecular formula is C23H19N3O2. The molecule has 0 fully saturated rings. The van der Waals surface area contributed by atoms with Gasteiger partial charge in [-0.2, -0.15) is 5.10 Å². The largest absolute Gasteiger partial charge is 0.269 e. The van der Waals surface area contributed by atoms with E-state index >= 15 is 0 Å². The third-order valence-corrected chi connectivity index (χ3v) is 5.70. The molecular weight excluding hydrogens is 350 g/mol. The zero-order chi connectivity index (χ0) is 19.1. The highest BCUT2D eigenvalue weighted by Crippen LogP contribution is 2.45. The molecule has 0 N–H and O–H groups in total. The van der Waals surface area contributed by atoms with Gasteiger partial charge in [-0.1, -0.05) is 54.6 Å². The summed E-state index contributed by atoms with van der Waals surface area (Å²) in [5.41, 5.74) is 5.89. The number of aryl methyl sites for hydroxylation is 1. The molecule has 1 heterocycles. The summed E-state index contributed by atoms with van der Waals surface area (Å²) in [6.45, 7) is 0. The van der Waals surface area contributed by atoms with E-state index in [0.29, 0.717) is 0 Å². The Morgan fingerprint density at radius 2 is 1.64 bits per heavy atom. The number of para-hydroxylation sites is 1. The number of nitrogens with zero attached hydrogens (tertiary/aromatic N) is 3. The van der Waals surface area contributed by atoms with Gasteiger partial charge in [0.25, 0.3) is 5.69 Å². The topological polar surface area (TPSA) is 58.7 Å². The van der Waals surface area contributed by atoms with Crippen LogP contribution in [0.2, 0.25) is 0 Å². The summed E-state index contributed by atoms with van der Waals surface area (Å²) < 4.78 is 0. The zero-order valence-corrected chi connectivity index (χ0v) is 15.2. The minimum atomic E-state index is -0.355. The highest BCUT2D eigenvalue weighted by Gasteiger charge is 2.42. The molecule has 0 aromatic heterocycles. The van der Waals surface area contributed by atoms with E-state index in [9.17, 15) is 10.1 Å². The van der Waals surface area contributed by atoms with Gasteiger partial charge in [-0.15, -0.1) is 0 Å². The lowest BCUT2D eigenvalue weighted by Crippen LogP contribution is -2.28. The maximum absolute atomic E-state index is 11.1. The summed E-state index contributed by atoms with van der Waals surface area (Å²) in [4.78, 5) is 10.7. The number of rotatable bonds is 3. The van der Waals surface area contributed by atoms with Crippen molar-refractivity contribution < 1.29 is 4.92 Å². The van der Waals surface area contributed by atoms with Crippen LogP contribution in [0.15, 0.2) is 84.0 Å². The van der Waals surface area contributed by atoms with Gasteiger partial charge in [0.1, 0.15) is 0 Å². The van der Waals surface area contributed by atoms with Crippen molar-refractivity contribution >= 4 is 17.1 Å². The van der Waals surface area contributed by atoms with Crippen molar-refractivity contribution in [3.8, 4) is 0 Å². The van der Waals surface area contributed by atoms with Gasteiger partial charge in [0, 0.05) is 23.6 Å². The van der Waals surface area contributed by atoms with Gasteiger partial charge in [0.2, 0.25) is 0 Å². The van der Waals surface area contributed by atoms with Crippen molar-refractivity contribution in [1.82, 2.24) is 0 Å². The van der Waals surface area contributed by atoms with E-state index in [4.69, 9.17) is 5.10 Å². The summed E-state index contributed by atoms with van der Waals surface area (Å²) >= 11 is 0. The molecule has 1 aliphatic carbocycles. The smallest absolute Gasteiger partial charge is 0.258 e. The molecule has 0 bridgehead atoms. The maximum Gasteiger partial charge on any atom is 0.269 e. The molecule has 2 atom stereocenters. The van der Waals surface area contributed by atoms with Gasteiger partial charge < -0.3 is 0 Å². The zero-order valence-electron chi connectivity index (χ0n) is 15.2. The molecule has 0 amide bonds. The number of nitro benzene ring substituents is 1. The number of benzene rings is 3. The Bertz CT molecular complexity index is 1060. The van der Waals surface area contributed by atoms with Gasteiger partial charge in [0.15, 0.2) is 0 Å². The molecule has 5 rings (SSSR count). The van der Waals surface area contributed by atoms with E-state index in [-0.39, 0.29) is 22.6 Å². The van der Waals surface area contributed by atoms with Crippen LogP contribution >= 0.6 is 0 Å². The summed E-state index contributed by atoms with van der Waals surface area (Å²) in [5, 5.41) is 18.2. The number of hydrazone groups is 1. The molecule has 28 heavy (non-hydrogen) atoms. The highest BCUT2D eigenvalue weighted by atomic mass is 16.6. The van der Waals surface area contributed by atoms with Crippen molar-refractivity contribution in [2.45, 2.75) is 18.9 Å². The third kappa shape index (κ3) is 2.67. The third-order valence-electron chi connectivity index (χ3n) is 5.70. The Balaban J connectivity index is 1.62. The minimum absolute atomic E-state index is 0.0339. The number of nitro groups is 1. The Morgan fingerprint density at radius 1 is 0.929 bits per heavy atom. The van der Waals surface area contributed by atoms with Crippen LogP contribution in [0.4, 0.5) is 11.4 Å². The van der Waals surface area contributed by atoms with E-state index in [2.05, 4.69) is 41.4 Å². The molecule has 3 aromatic carbocycles. The van der Waals surface area contributed by atoms with Crippen LogP contribution < -0.4 is 5.01 Å². The monoisotopic (exact) mass is 369 g/mol. The molecule has 5 nitrogen and oxygen atoms in total. The van der Waals surface area contributed by atoms with Crippen LogP contribution in [0.25, 0.3) is 0 Å². The van der Waals surface area contributed by atoms with E-state index in [1.807, 2.05) is 30.3 Å². The van der Waals surface area contributed by atoms with E-state index in [0.717, 1.165) is 29.8 Å². The maximum atomic E-state index is 11.1. The molecule has 2 aliphatic rings. The molecule has 0 spiro atoms. The molecule has 5 heteroatoms. The van der Waals surface area contributed by atoms with Crippen molar-refractivity contribution in [3.63, 3.8) is 0 Å². The van der Waals surface area contributed by atoms with Crippen LogP contribution in [0, 0.1) is 16.0 Å². The Kier molecular flexibility index (Phi) is 3.93. The van der Waals surface area contributed by atoms with Crippen LogP contribution in [0.1, 0.15) is 29.2 Å². The number of hydrogen-bond acceptors (Lipinski definition) is 4. The number of anilines is 1. The second kappa shape index (κ2) is 6.60. The van der Waals surface area contributed by atoms with Crippen LogP contribution in [0.3, 0.4) is 0 Å². The molecule has 0 saturated carbocycles. The van der Waals surface area contributed by atoms with Gasteiger partial charge in [-0.25, -0.2) is 0 Å². The quantitative estimate of drug-likeness (QED) is 0.475. The highest BCUT2D eigenvalue weighted by molar-refractivity contribution is 6.07. The normalized spacial score (nSPS) is 20.3. The number of fused-ring (bicyclic) bond motifs is 3. The summed E-state index contributed by atoms with van der Waals surface area (Å²) in [6, 6.07) is 25.6. The van der Waals surface area contributed by atoms with E-state index in [1.54, 1.807) is 12.1 Å². The lowest BCUT2D eigenvalue weighted by molar-refractivity contribution is -0.384. The van der Waals surface area contributed by atoms with Crippen molar-refractivity contribution in [2.75, 3.05) is 5.01 Å².